The molecule has 0 aliphatic carbocycles. The first kappa shape index (κ1) is 13.2. The molecule has 1 saturated heterocycles. The lowest BCUT2D eigenvalue weighted by Crippen LogP contribution is -2.25. The van der Waals surface area contributed by atoms with Crippen molar-refractivity contribution >= 4 is 50.6 Å². The average molecular weight is 331 g/mol. The van der Waals surface area contributed by atoms with E-state index in [-0.39, 0.29) is 0 Å². The maximum absolute atomic E-state index is 5.63. The van der Waals surface area contributed by atoms with Gasteiger partial charge in [-0.2, -0.15) is 11.8 Å². The molecule has 0 bridgehead atoms. The van der Waals surface area contributed by atoms with Crippen molar-refractivity contribution in [3.05, 3.63) is 28.2 Å². The molecule has 1 aromatic rings. The number of rotatable bonds is 3. The van der Waals surface area contributed by atoms with Crippen LogP contribution in [0.25, 0.3) is 0 Å². The molecule has 0 spiro atoms. The standard InChI is InChI=1S/C12H15BrN2S2/c13-11-6-8(3-4-10(11)12(14)16)15-9-2-1-5-17-7-9/h3-4,6,9,15H,1-2,5,7H2,(H2,14,16). The highest BCUT2D eigenvalue weighted by Gasteiger charge is 2.13. The summed E-state index contributed by atoms with van der Waals surface area (Å²) in [6.45, 7) is 0. The van der Waals surface area contributed by atoms with Crippen LogP contribution < -0.4 is 11.1 Å². The predicted octanol–water partition coefficient (Wildman–Crippen LogP) is 3.39. The van der Waals surface area contributed by atoms with Crippen LogP contribution in [0.5, 0.6) is 0 Å². The second-order valence-electron chi connectivity index (χ2n) is 4.12. The molecule has 17 heavy (non-hydrogen) atoms. The number of hydrogen-bond acceptors (Lipinski definition) is 3. The predicted molar refractivity (Wildman–Crippen MR) is 84.0 cm³/mol. The van der Waals surface area contributed by atoms with Gasteiger partial charge < -0.3 is 11.1 Å². The van der Waals surface area contributed by atoms with Gasteiger partial charge in [0.15, 0.2) is 0 Å². The topological polar surface area (TPSA) is 38.0 Å². The van der Waals surface area contributed by atoms with Crippen LogP contribution in [-0.2, 0) is 0 Å². The first-order valence-corrected chi connectivity index (χ1v) is 7.96. The summed E-state index contributed by atoms with van der Waals surface area (Å²) in [4.78, 5) is 0.427. The van der Waals surface area contributed by atoms with Crippen LogP contribution in [0.2, 0.25) is 0 Å². The zero-order valence-electron chi connectivity index (χ0n) is 9.41. The number of anilines is 1. The summed E-state index contributed by atoms with van der Waals surface area (Å²) in [5.74, 6) is 2.48. The van der Waals surface area contributed by atoms with Crippen LogP contribution in [0.1, 0.15) is 18.4 Å². The molecule has 2 rings (SSSR count). The average Bonchev–Trinajstić information content (AvgIpc) is 2.30. The minimum Gasteiger partial charge on any atom is -0.389 e. The Morgan fingerprint density at radius 1 is 1.53 bits per heavy atom. The smallest absolute Gasteiger partial charge is 0.105 e. The van der Waals surface area contributed by atoms with Gasteiger partial charge in [-0.25, -0.2) is 0 Å². The lowest BCUT2D eigenvalue weighted by atomic mass is 10.1. The summed E-state index contributed by atoms with van der Waals surface area (Å²) in [6, 6.07) is 6.63. The van der Waals surface area contributed by atoms with Gasteiger partial charge in [-0.1, -0.05) is 12.2 Å². The molecular weight excluding hydrogens is 316 g/mol. The third-order valence-electron chi connectivity index (χ3n) is 2.77. The number of thiocarbonyl (C=S) groups is 1. The van der Waals surface area contributed by atoms with Gasteiger partial charge in [-0.3, -0.25) is 0 Å². The molecule has 92 valence electrons. The molecule has 2 nitrogen and oxygen atoms in total. The third-order valence-corrected chi connectivity index (χ3v) is 4.86. The molecule has 1 unspecified atom stereocenters. The summed E-state index contributed by atoms with van der Waals surface area (Å²) in [5.41, 5.74) is 7.65. The van der Waals surface area contributed by atoms with Crippen LogP contribution in [0.3, 0.4) is 0 Å². The number of nitrogens with two attached hydrogens (primary N) is 1. The fraction of sp³-hybridized carbons (Fsp3) is 0.417. The highest BCUT2D eigenvalue weighted by molar-refractivity contribution is 9.10. The summed E-state index contributed by atoms with van der Waals surface area (Å²) >= 11 is 10.5. The van der Waals surface area contributed by atoms with Crippen molar-refractivity contribution in [3.8, 4) is 0 Å². The first-order valence-electron chi connectivity index (χ1n) is 5.60. The number of benzene rings is 1. The van der Waals surface area contributed by atoms with E-state index in [1.54, 1.807) is 0 Å². The Morgan fingerprint density at radius 2 is 2.35 bits per heavy atom. The normalized spacial score (nSPS) is 19.9. The number of nitrogens with one attached hydrogen (secondary N) is 1. The second-order valence-corrected chi connectivity index (χ2v) is 6.56. The molecule has 0 saturated carbocycles. The number of halogens is 1. The molecule has 3 N–H and O–H groups in total. The quantitative estimate of drug-likeness (QED) is 0.833. The van der Waals surface area contributed by atoms with Gasteiger partial charge >= 0.3 is 0 Å². The fourth-order valence-corrected chi connectivity index (χ4v) is 3.87. The molecule has 1 aliphatic heterocycles. The second kappa shape index (κ2) is 6.07. The molecule has 1 heterocycles. The molecule has 5 heteroatoms. The number of hydrogen-bond donors (Lipinski definition) is 2. The SMILES string of the molecule is NC(=S)c1ccc(NC2CCCSC2)cc1Br. The zero-order valence-corrected chi connectivity index (χ0v) is 12.6. The van der Waals surface area contributed by atoms with E-state index in [0.29, 0.717) is 11.0 Å². The van der Waals surface area contributed by atoms with E-state index < -0.39 is 0 Å². The van der Waals surface area contributed by atoms with E-state index in [9.17, 15) is 0 Å². The Kier molecular flexibility index (Phi) is 4.70. The fourth-order valence-electron chi connectivity index (χ4n) is 1.89. The molecule has 0 amide bonds. The van der Waals surface area contributed by atoms with Crippen molar-refractivity contribution < 1.29 is 0 Å². The largest absolute Gasteiger partial charge is 0.389 e. The third kappa shape index (κ3) is 3.60. The molecular formula is C12H15BrN2S2. The molecule has 0 radical (unpaired) electrons. The van der Waals surface area contributed by atoms with Gasteiger partial charge in [0.25, 0.3) is 0 Å². The van der Waals surface area contributed by atoms with E-state index in [0.717, 1.165) is 15.7 Å². The van der Waals surface area contributed by atoms with Crippen LogP contribution in [0.15, 0.2) is 22.7 Å². The van der Waals surface area contributed by atoms with Crippen molar-refractivity contribution in [1.29, 1.82) is 0 Å². The lowest BCUT2D eigenvalue weighted by Gasteiger charge is -2.23. The van der Waals surface area contributed by atoms with E-state index in [2.05, 4.69) is 21.2 Å². The van der Waals surface area contributed by atoms with Crippen LogP contribution in [0, 0.1) is 0 Å². The van der Waals surface area contributed by atoms with Crippen molar-refractivity contribution in [3.63, 3.8) is 0 Å². The van der Waals surface area contributed by atoms with Crippen molar-refractivity contribution in [2.24, 2.45) is 5.73 Å². The van der Waals surface area contributed by atoms with Crippen molar-refractivity contribution in [2.75, 3.05) is 16.8 Å². The minimum atomic E-state index is 0.427. The first-order chi connectivity index (χ1) is 8.16. The zero-order chi connectivity index (χ0) is 12.3. The monoisotopic (exact) mass is 330 g/mol. The molecule has 1 aromatic carbocycles. The van der Waals surface area contributed by atoms with Crippen LogP contribution >= 0.6 is 39.9 Å². The van der Waals surface area contributed by atoms with Gasteiger partial charge in [0.1, 0.15) is 4.99 Å². The maximum Gasteiger partial charge on any atom is 0.105 e. The maximum atomic E-state index is 5.63. The van der Waals surface area contributed by atoms with Gasteiger partial charge in [0.2, 0.25) is 0 Å². The summed E-state index contributed by atoms with van der Waals surface area (Å²) in [6.07, 6.45) is 2.55. The molecule has 1 fully saturated rings. The Balaban J connectivity index is 2.06. The summed E-state index contributed by atoms with van der Waals surface area (Å²) in [5, 5.41) is 3.55. The Morgan fingerprint density at radius 3 is 2.94 bits per heavy atom. The van der Waals surface area contributed by atoms with Gasteiger partial charge in [0.05, 0.1) is 0 Å². The molecule has 0 aromatic heterocycles. The van der Waals surface area contributed by atoms with E-state index in [1.807, 2.05) is 30.0 Å². The van der Waals surface area contributed by atoms with E-state index in [1.165, 1.54) is 24.3 Å². The highest BCUT2D eigenvalue weighted by Crippen LogP contribution is 2.25. The lowest BCUT2D eigenvalue weighted by molar-refractivity contribution is 0.685. The van der Waals surface area contributed by atoms with Crippen LogP contribution in [-0.4, -0.2) is 22.5 Å². The van der Waals surface area contributed by atoms with E-state index >= 15 is 0 Å². The Bertz CT molecular complexity index is 417. The minimum absolute atomic E-state index is 0.427. The van der Waals surface area contributed by atoms with Gasteiger partial charge in [0, 0.05) is 27.5 Å². The highest BCUT2D eigenvalue weighted by atomic mass is 79.9. The van der Waals surface area contributed by atoms with Gasteiger partial charge in [-0.05, 0) is 52.7 Å². The summed E-state index contributed by atoms with van der Waals surface area (Å²) < 4.78 is 0.957. The molecule has 1 aliphatic rings. The Hall–Kier alpha value is -0.260. The van der Waals surface area contributed by atoms with Crippen LogP contribution in [0.4, 0.5) is 5.69 Å². The van der Waals surface area contributed by atoms with Crippen molar-refractivity contribution in [2.45, 2.75) is 18.9 Å². The molecule has 1 atom stereocenters. The Labute approximate surface area is 120 Å². The van der Waals surface area contributed by atoms with Crippen molar-refractivity contribution in [1.82, 2.24) is 0 Å². The van der Waals surface area contributed by atoms with E-state index in [4.69, 9.17) is 18.0 Å². The summed E-state index contributed by atoms with van der Waals surface area (Å²) in [7, 11) is 0. The van der Waals surface area contributed by atoms with Gasteiger partial charge in [-0.15, -0.1) is 0 Å². The number of thioether (sulfide) groups is 1.